The Hall–Kier alpha value is -2.68. The minimum absolute atomic E-state index is 0.0293. The molecule has 1 aromatic carbocycles. The lowest BCUT2D eigenvalue weighted by molar-refractivity contribution is -0.116. The van der Waals surface area contributed by atoms with Gasteiger partial charge in [-0.15, -0.1) is 0 Å². The smallest absolute Gasteiger partial charge is 0.244 e. The van der Waals surface area contributed by atoms with E-state index in [2.05, 4.69) is 5.32 Å². The Kier molecular flexibility index (Phi) is 5.91. The van der Waals surface area contributed by atoms with Gasteiger partial charge in [-0.25, -0.2) is 0 Å². The summed E-state index contributed by atoms with van der Waals surface area (Å²) in [5.74, 6) is 1.15. The highest BCUT2D eigenvalue weighted by atomic mass is 16.5. The molecule has 0 radical (unpaired) electrons. The van der Waals surface area contributed by atoms with Gasteiger partial charge in [0.25, 0.3) is 0 Å². The molecule has 0 bridgehead atoms. The maximum absolute atomic E-state index is 11.4. The van der Waals surface area contributed by atoms with Crippen LogP contribution < -0.4 is 19.5 Å². The first kappa shape index (κ1) is 15.4. The van der Waals surface area contributed by atoms with Crippen LogP contribution in [0.2, 0.25) is 0 Å². The highest BCUT2D eigenvalue weighted by Crippen LogP contribution is 2.38. The van der Waals surface area contributed by atoms with E-state index in [1.54, 1.807) is 18.2 Å². The van der Waals surface area contributed by atoms with Crippen LogP contribution in [0.4, 0.5) is 0 Å². The maximum atomic E-state index is 11.4. The van der Waals surface area contributed by atoms with Crippen LogP contribution in [-0.4, -0.2) is 33.8 Å². The Bertz CT molecular complexity index is 522. The molecule has 6 heteroatoms. The monoisotopic (exact) mass is 276 g/mol. The summed E-state index contributed by atoms with van der Waals surface area (Å²) in [5, 5.41) is 10.8. The molecule has 6 nitrogen and oxygen atoms in total. The minimum atomic E-state index is -0.347. The topological polar surface area (TPSA) is 80.6 Å². The van der Waals surface area contributed by atoms with Crippen molar-refractivity contribution in [3.63, 3.8) is 0 Å². The lowest BCUT2D eigenvalue weighted by atomic mass is 10.1. The Morgan fingerprint density at radius 1 is 1.25 bits per heavy atom. The molecule has 0 aliphatic carbocycles. The highest BCUT2D eigenvalue weighted by Gasteiger charge is 2.12. The highest BCUT2D eigenvalue weighted by molar-refractivity contribution is 5.92. The van der Waals surface area contributed by atoms with E-state index in [0.717, 1.165) is 0 Å². The van der Waals surface area contributed by atoms with Crippen LogP contribution in [0.25, 0.3) is 6.08 Å². The van der Waals surface area contributed by atoms with Crippen LogP contribution in [0.15, 0.2) is 18.2 Å². The average Bonchev–Trinajstić information content (AvgIpc) is 2.49. The summed E-state index contributed by atoms with van der Waals surface area (Å²) in [6.45, 7) is -0.0293. The number of ether oxygens (including phenoxy) is 3. The van der Waals surface area contributed by atoms with Crippen LogP contribution in [0.3, 0.4) is 0 Å². The normalized spacial score (nSPS) is 9.90. The zero-order valence-corrected chi connectivity index (χ0v) is 11.6. The number of benzene rings is 1. The molecule has 20 heavy (non-hydrogen) atoms. The number of amides is 1. The third kappa shape index (κ3) is 3.92. The summed E-state index contributed by atoms with van der Waals surface area (Å²) in [6.07, 6.45) is 2.93. The summed E-state index contributed by atoms with van der Waals surface area (Å²) in [5.41, 5.74) is 0.714. The molecule has 0 aliphatic rings. The third-order valence-corrected chi connectivity index (χ3v) is 2.46. The molecular formula is C14H16N2O4. The van der Waals surface area contributed by atoms with E-state index in [1.165, 1.54) is 27.4 Å². The summed E-state index contributed by atoms with van der Waals surface area (Å²) < 4.78 is 15.6. The van der Waals surface area contributed by atoms with Crippen molar-refractivity contribution in [2.75, 3.05) is 27.9 Å². The second-order valence-electron chi connectivity index (χ2n) is 3.67. The van der Waals surface area contributed by atoms with Gasteiger partial charge in [-0.3, -0.25) is 4.79 Å². The van der Waals surface area contributed by atoms with E-state index in [-0.39, 0.29) is 12.5 Å². The Balaban J connectivity index is 2.99. The number of carbonyl (C=O) groups excluding carboxylic acids is 1. The van der Waals surface area contributed by atoms with Crippen LogP contribution in [0.5, 0.6) is 17.2 Å². The summed E-state index contributed by atoms with van der Waals surface area (Å²) >= 11 is 0. The first-order valence-electron chi connectivity index (χ1n) is 5.79. The van der Waals surface area contributed by atoms with Crippen molar-refractivity contribution in [2.24, 2.45) is 0 Å². The molecule has 0 saturated carbocycles. The SMILES string of the molecule is COc1cc(/C=C/C(=O)NCC#N)cc(OC)c1OC. The number of nitriles is 1. The second kappa shape index (κ2) is 7.69. The molecule has 0 unspecified atom stereocenters. The van der Waals surface area contributed by atoms with Crippen LogP contribution in [0.1, 0.15) is 5.56 Å². The van der Waals surface area contributed by atoms with Crippen LogP contribution in [-0.2, 0) is 4.79 Å². The van der Waals surface area contributed by atoms with Crippen LogP contribution >= 0.6 is 0 Å². The number of carbonyl (C=O) groups is 1. The van der Waals surface area contributed by atoms with E-state index in [0.29, 0.717) is 22.8 Å². The van der Waals surface area contributed by atoms with Gasteiger partial charge in [0.1, 0.15) is 6.54 Å². The molecule has 1 aromatic rings. The van der Waals surface area contributed by atoms with Gasteiger partial charge in [0.05, 0.1) is 27.4 Å². The number of nitrogens with zero attached hydrogens (tertiary/aromatic N) is 1. The van der Waals surface area contributed by atoms with E-state index >= 15 is 0 Å². The van der Waals surface area contributed by atoms with Gasteiger partial charge in [0.15, 0.2) is 11.5 Å². The summed E-state index contributed by atoms with van der Waals surface area (Å²) in [7, 11) is 4.56. The van der Waals surface area contributed by atoms with Gasteiger partial charge in [-0.05, 0) is 23.8 Å². The van der Waals surface area contributed by atoms with Crippen molar-refractivity contribution in [1.82, 2.24) is 5.32 Å². The van der Waals surface area contributed by atoms with E-state index in [4.69, 9.17) is 19.5 Å². The molecule has 1 N–H and O–H groups in total. The van der Waals surface area contributed by atoms with E-state index < -0.39 is 0 Å². The maximum Gasteiger partial charge on any atom is 0.244 e. The molecule has 0 aromatic heterocycles. The quantitative estimate of drug-likeness (QED) is 0.627. The van der Waals surface area contributed by atoms with Gasteiger partial charge in [-0.2, -0.15) is 5.26 Å². The molecule has 0 saturated heterocycles. The van der Waals surface area contributed by atoms with Crippen molar-refractivity contribution >= 4 is 12.0 Å². The van der Waals surface area contributed by atoms with Gasteiger partial charge >= 0.3 is 0 Å². The van der Waals surface area contributed by atoms with Gasteiger partial charge in [-0.1, -0.05) is 0 Å². The molecule has 0 heterocycles. The molecule has 0 spiro atoms. The minimum Gasteiger partial charge on any atom is -0.493 e. The first-order chi connectivity index (χ1) is 9.65. The number of methoxy groups -OCH3 is 3. The molecule has 0 aliphatic heterocycles. The zero-order valence-electron chi connectivity index (χ0n) is 11.6. The lowest BCUT2D eigenvalue weighted by Crippen LogP contribution is -2.20. The van der Waals surface area contributed by atoms with Crippen molar-refractivity contribution in [1.29, 1.82) is 5.26 Å². The molecule has 1 amide bonds. The molecule has 1 rings (SSSR count). The Morgan fingerprint density at radius 2 is 1.85 bits per heavy atom. The fourth-order valence-corrected chi connectivity index (χ4v) is 1.56. The Morgan fingerprint density at radius 3 is 2.30 bits per heavy atom. The van der Waals surface area contributed by atoms with Crippen molar-refractivity contribution in [2.45, 2.75) is 0 Å². The largest absolute Gasteiger partial charge is 0.493 e. The predicted octanol–water partition coefficient (Wildman–Crippen LogP) is 1.37. The summed E-state index contributed by atoms with van der Waals surface area (Å²) in [6, 6.07) is 5.26. The molecular weight excluding hydrogens is 260 g/mol. The van der Waals surface area contributed by atoms with Gasteiger partial charge in [0.2, 0.25) is 11.7 Å². The first-order valence-corrected chi connectivity index (χ1v) is 5.79. The third-order valence-electron chi connectivity index (χ3n) is 2.46. The van der Waals surface area contributed by atoms with E-state index in [1.807, 2.05) is 6.07 Å². The average molecular weight is 276 g/mol. The number of nitrogens with one attached hydrogen (secondary N) is 1. The number of hydrogen-bond acceptors (Lipinski definition) is 5. The van der Waals surface area contributed by atoms with E-state index in [9.17, 15) is 4.79 Å². The number of rotatable bonds is 6. The molecule has 0 fully saturated rings. The fraction of sp³-hybridized carbons (Fsp3) is 0.286. The number of hydrogen-bond donors (Lipinski definition) is 1. The van der Waals surface area contributed by atoms with Gasteiger partial charge < -0.3 is 19.5 Å². The van der Waals surface area contributed by atoms with Gasteiger partial charge in [0, 0.05) is 6.08 Å². The lowest BCUT2D eigenvalue weighted by Gasteiger charge is -2.12. The van der Waals surface area contributed by atoms with Crippen molar-refractivity contribution in [3.8, 4) is 23.3 Å². The van der Waals surface area contributed by atoms with Crippen LogP contribution in [0, 0.1) is 11.3 Å². The van der Waals surface area contributed by atoms with Crippen molar-refractivity contribution in [3.05, 3.63) is 23.8 Å². The fourth-order valence-electron chi connectivity index (χ4n) is 1.56. The summed E-state index contributed by atoms with van der Waals surface area (Å²) in [4.78, 5) is 11.4. The second-order valence-corrected chi connectivity index (χ2v) is 3.67. The Labute approximate surface area is 117 Å². The molecule has 106 valence electrons. The van der Waals surface area contributed by atoms with Crippen molar-refractivity contribution < 1.29 is 19.0 Å². The standard InChI is InChI=1S/C14H16N2O4/c1-18-11-8-10(4-5-13(17)16-7-6-15)9-12(19-2)14(11)20-3/h4-5,8-9H,7H2,1-3H3,(H,16,17)/b5-4+. The predicted molar refractivity (Wildman–Crippen MR) is 73.8 cm³/mol. The zero-order chi connectivity index (χ0) is 15.0. The molecule has 0 atom stereocenters.